The number of amides is 2. The fraction of sp³-hybridized carbons (Fsp3) is 0.636. The zero-order chi connectivity index (χ0) is 19.9. The van der Waals surface area contributed by atoms with Crippen LogP contribution in [0.4, 0.5) is 0 Å². The summed E-state index contributed by atoms with van der Waals surface area (Å²) in [4.78, 5) is 31.3. The van der Waals surface area contributed by atoms with Crippen LogP contribution in [0.25, 0.3) is 0 Å². The van der Waals surface area contributed by atoms with Gasteiger partial charge in [-0.3, -0.25) is 14.5 Å². The Morgan fingerprint density at radius 3 is 2.57 bits per heavy atom. The monoisotopic (exact) mass is 387 g/mol. The van der Waals surface area contributed by atoms with Gasteiger partial charge in [0.25, 0.3) is 0 Å². The van der Waals surface area contributed by atoms with Crippen molar-refractivity contribution in [2.45, 2.75) is 45.1 Å². The van der Waals surface area contributed by atoms with Crippen LogP contribution in [0.1, 0.15) is 38.2 Å². The van der Waals surface area contributed by atoms with Gasteiger partial charge in [-0.1, -0.05) is 12.1 Å². The van der Waals surface area contributed by atoms with E-state index < -0.39 is 0 Å². The van der Waals surface area contributed by atoms with Gasteiger partial charge in [-0.05, 0) is 50.3 Å². The number of piperazine rings is 1. The van der Waals surface area contributed by atoms with Crippen LogP contribution in [-0.4, -0.2) is 78.9 Å². The first kappa shape index (κ1) is 20.6. The van der Waals surface area contributed by atoms with Gasteiger partial charge in [0.05, 0.1) is 13.7 Å². The second-order valence-corrected chi connectivity index (χ2v) is 7.94. The number of hydrogen-bond acceptors (Lipinski definition) is 4. The third-order valence-electron chi connectivity index (χ3n) is 5.97. The quantitative estimate of drug-likeness (QED) is 0.751. The van der Waals surface area contributed by atoms with E-state index in [2.05, 4.69) is 11.8 Å². The Hall–Kier alpha value is -2.08. The van der Waals surface area contributed by atoms with E-state index in [0.29, 0.717) is 32.1 Å². The number of aryl methyl sites for hydroxylation is 1. The highest BCUT2D eigenvalue weighted by atomic mass is 16.5. The summed E-state index contributed by atoms with van der Waals surface area (Å²) < 4.78 is 5.24. The predicted octanol–water partition coefficient (Wildman–Crippen LogP) is 2.17. The largest absolute Gasteiger partial charge is 0.497 e. The normalized spacial score (nSPS) is 20.9. The van der Waals surface area contributed by atoms with Crippen LogP contribution in [-0.2, 0) is 16.0 Å². The molecule has 0 bridgehead atoms. The Labute approximate surface area is 168 Å². The molecule has 2 aliphatic heterocycles. The number of rotatable bonds is 6. The Balaban J connectivity index is 1.40. The van der Waals surface area contributed by atoms with Crippen molar-refractivity contribution in [1.82, 2.24) is 14.7 Å². The molecule has 0 radical (unpaired) electrons. The number of carbonyl (C=O) groups is 2. The van der Waals surface area contributed by atoms with Crippen molar-refractivity contribution >= 4 is 11.8 Å². The zero-order valence-corrected chi connectivity index (χ0v) is 17.2. The van der Waals surface area contributed by atoms with E-state index in [1.54, 1.807) is 7.11 Å². The van der Waals surface area contributed by atoms with E-state index in [1.165, 1.54) is 6.42 Å². The average Bonchev–Trinajstić information content (AvgIpc) is 2.73. The van der Waals surface area contributed by atoms with Gasteiger partial charge in [-0.2, -0.15) is 0 Å². The molecule has 2 amide bonds. The van der Waals surface area contributed by atoms with Gasteiger partial charge in [0, 0.05) is 45.2 Å². The van der Waals surface area contributed by atoms with Gasteiger partial charge in [0.15, 0.2) is 0 Å². The van der Waals surface area contributed by atoms with E-state index in [-0.39, 0.29) is 11.8 Å². The van der Waals surface area contributed by atoms with Crippen LogP contribution in [0.5, 0.6) is 5.75 Å². The number of carbonyl (C=O) groups excluding carboxylic acids is 2. The molecule has 2 saturated heterocycles. The Morgan fingerprint density at radius 1 is 1.07 bits per heavy atom. The maximum Gasteiger partial charge on any atom is 0.236 e. The highest BCUT2D eigenvalue weighted by molar-refractivity contribution is 5.79. The number of nitrogens with zero attached hydrogens (tertiary/aromatic N) is 3. The Bertz CT molecular complexity index is 671. The van der Waals surface area contributed by atoms with E-state index in [9.17, 15) is 9.59 Å². The molecule has 28 heavy (non-hydrogen) atoms. The number of hydrogen-bond donors (Lipinski definition) is 0. The Kier molecular flexibility index (Phi) is 7.31. The molecule has 0 aromatic heterocycles. The van der Waals surface area contributed by atoms with Crippen LogP contribution in [0.2, 0.25) is 0 Å². The highest BCUT2D eigenvalue weighted by Crippen LogP contribution is 2.17. The van der Waals surface area contributed by atoms with Gasteiger partial charge in [0.2, 0.25) is 11.8 Å². The molecular weight excluding hydrogens is 354 g/mol. The highest BCUT2D eigenvalue weighted by Gasteiger charge is 2.27. The molecule has 2 fully saturated rings. The maximum absolute atomic E-state index is 12.6. The fourth-order valence-corrected chi connectivity index (χ4v) is 4.14. The van der Waals surface area contributed by atoms with Crippen molar-refractivity contribution in [3.8, 4) is 5.75 Å². The SMILES string of the molecule is COc1cccc(CCC(=O)N2CCN(CC(=O)N3CCCCC3C)CC2)c1. The van der Waals surface area contributed by atoms with Crippen molar-refractivity contribution in [2.75, 3.05) is 46.4 Å². The van der Waals surface area contributed by atoms with Gasteiger partial charge in [0.1, 0.15) is 5.75 Å². The molecule has 0 spiro atoms. The van der Waals surface area contributed by atoms with Crippen LogP contribution in [0.3, 0.4) is 0 Å². The second kappa shape index (κ2) is 9.92. The molecule has 0 saturated carbocycles. The standard InChI is InChI=1S/C22H33N3O3/c1-18-6-3-4-11-25(18)22(27)17-23-12-14-24(15-13-23)21(26)10-9-19-7-5-8-20(16-19)28-2/h5,7-8,16,18H,3-4,6,9-15,17H2,1-2H3. The van der Waals surface area contributed by atoms with Crippen LogP contribution in [0, 0.1) is 0 Å². The first-order valence-electron chi connectivity index (χ1n) is 10.5. The molecule has 1 atom stereocenters. The molecule has 0 N–H and O–H groups in total. The topological polar surface area (TPSA) is 53.1 Å². The summed E-state index contributed by atoms with van der Waals surface area (Å²) in [6.07, 6.45) is 4.69. The minimum absolute atomic E-state index is 0.193. The lowest BCUT2D eigenvalue weighted by atomic mass is 10.0. The van der Waals surface area contributed by atoms with E-state index in [0.717, 1.165) is 50.2 Å². The smallest absolute Gasteiger partial charge is 0.236 e. The van der Waals surface area contributed by atoms with Crippen molar-refractivity contribution < 1.29 is 14.3 Å². The fourth-order valence-electron chi connectivity index (χ4n) is 4.14. The number of likely N-dealkylation sites (tertiary alicyclic amines) is 1. The molecule has 0 aliphatic carbocycles. The summed E-state index contributed by atoms with van der Waals surface area (Å²) in [6.45, 7) is 6.49. The average molecular weight is 388 g/mol. The summed E-state index contributed by atoms with van der Waals surface area (Å²) >= 11 is 0. The number of ether oxygens (including phenoxy) is 1. The van der Waals surface area contributed by atoms with Crippen molar-refractivity contribution in [3.63, 3.8) is 0 Å². The second-order valence-electron chi connectivity index (χ2n) is 7.94. The maximum atomic E-state index is 12.6. The van der Waals surface area contributed by atoms with E-state index in [1.807, 2.05) is 34.1 Å². The molecule has 1 aromatic carbocycles. The lowest BCUT2D eigenvalue weighted by molar-refractivity contribution is -0.137. The minimum Gasteiger partial charge on any atom is -0.497 e. The summed E-state index contributed by atoms with van der Waals surface area (Å²) in [5.74, 6) is 1.26. The summed E-state index contributed by atoms with van der Waals surface area (Å²) in [5.41, 5.74) is 1.12. The summed E-state index contributed by atoms with van der Waals surface area (Å²) in [5, 5.41) is 0. The minimum atomic E-state index is 0.193. The molecule has 2 heterocycles. The molecule has 1 aromatic rings. The summed E-state index contributed by atoms with van der Waals surface area (Å²) in [6, 6.07) is 8.24. The molecular formula is C22H33N3O3. The van der Waals surface area contributed by atoms with Crippen molar-refractivity contribution in [1.29, 1.82) is 0 Å². The number of methoxy groups -OCH3 is 1. The van der Waals surface area contributed by atoms with Crippen molar-refractivity contribution in [3.05, 3.63) is 29.8 Å². The predicted molar refractivity (Wildman–Crippen MR) is 109 cm³/mol. The van der Waals surface area contributed by atoms with Crippen LogP contribution in [0.15, 0.2) is 24.3 Å². The molecule has 2 aliphatic rings. The molecule has 1 unspecified atom stereocenters. The van der Waals surface area contributed by atoms with Crippen molar-refractivity contribution in [2.24, 2.45) is 0 Å². The third-order valence-corrected chi connectivity index (χ3v) is 5.97. The molecule has 6 heteroatoms. The first-order chi connectivity index (χ1) is 13.6. The van der Waals surface area contributed by atoms with Crippen LogP contribution < -0.4 is 4.74 Å². The van der Waals surface area contributed by atoms with Gasteiger partial charge in [-0.15, -0.1) is 0 Å². The van der Waals surface area contributed by atoms with E-state index >= 15 is 0 Å². The lowest BCUT2D eigenvalue weighted by Gasteiger charge is -2.38. The zero-order valence-electron chi connectivity index (χ0n) is 17.2. The molecule has 154 valence electrons. The van der Waals surface area contributed by atoms with Crippen LogP contribution >= 0.6 is 0 Å². The lowest BCUT2D eigenvalue weighted by Crippen LogP contribution is -2.53. The molecule has 3 rings (SSSR count). The van der Waals surface area contributed by atoms with E-state index in [4.69, 9.17) is 4.74 Å². The van der Waals surface area contributed by atoms with Gasteiger partial charge < -0.3 is 14.5 Å². The number of benzene rings is 1. The Morgan fingerprint density at radius 2 is 1.86 bits per heavy atom. The van der Waals surface area contributed by atoms with Gasteiger partial charge >= 0.3 is 0 Å². The third kappa shape index (κ3) is 5.47. The first-order valence-corrected chi connectivity index (χ1v) is 10.5. The molecule has 6 nitrogen and oxygen atoms in total. The van der Waals surface area contributed by atoms with Gasteiger partial charge in [-0.25, -0.2) is 0 Å². The number of piperidine rings is 1. The summed E-state index contributed by atoms with van der Waals surface area (Å²) in [7, 11) is 1.65.